The number of para-hydroxylation sites is 1. The molecule has 0 amide bonds. The van der Waals surface area contributed by atoms with Crippen LogP contribution >= 0.6 is 11.3 Å². The summed E-state index contributed by atoms with van der Waals surface area (Å²) in [6.45, 7) is 26.8. The van der Waals surface area contributed by atoms with Crippen LogP contribution in [0.2, 0.25) is 0 Å². The summed E-state index contributed by atoms with van der Waals surface area (Å²) < 4.78 is 4.57. The largest absolute Gasteiger partial charge is 0.507 e. The number of phenols is 1. The second-order valence-corrected chi connectivity index (χ2v) is 22.3. The van der Waals surface area contributed by atoms with Crippen LogP contribution < -0.4 is 0 Å². The number of fused-ring (bicyclic) bond motifs is 4. The molecule has 9 aromatic rings. The normalized spacial score (nSPS) is 12.8. The van der Waals surface area contributed by atoms with E-state index in [2.05, 4.69) is 209 Å². The maximum absolute atomic E-state index is 12.6. The van der Waals surface area contributed by atoms with Gasteiger partial charge < -0.3 is 5.11 Å². The highest BCUT2D eigenvalue weighted by molar-refractivity contribution is 7.26. The fourth-order valence-corrected chi connectivity index (χ4v) is 9.86. The SMILES string of the molecule is CC(C)(C)c1cc(-c2cccc3c2nc(-c2cc(C(C)(C)C)cc(C(C)(C)C)c2O)n3-c2ccc(C(C)(C)C)cc2-c2ccccc2)cc(-c2ncnc3c2sc2ccccc23)c1. The van der Waals surface area contributed by atoms with Crippen molar-refractivity contribution < 1.29 is 5.11 Å². The zero-order chi connectivity index (χ0) is 44.8. The number of rotatable bonds is 5. The Morgan fingerprint density at radius 1 is 0.508 bits per heavy atom. The molecule has 0 radical (unpaired) electrons. The van der Waals surface area contributed by atoms with Crippen LogP contribution in [0.4, 0.5) is 0 Å². The van der Waals surface area contributed by atoms with Gasteiger partial charge in [-0.1, -0.05) is 162 Å². The van der Waals surface area contributed by atoms with Crippen molar-refractivity contribution in [1.29, 1.82) is 0 Å². The molecule has 1 N–H and O–H groups in total. The smallest absolute Gasteiger partial charge is 0.149 e. The molecule has 0 spiro atoms. The third-order valence-corrected chi connectivity index (χ3v) is 13.6. The van der Waals surface area contributed by atoms with Crippen molar-refractivity contribution in [3.63, 3.8) is 0 Å². The van der Waals surface area contributed by atoms with E-state index in [4.69, 9.17) is 15.0 Å². The highest BCUT2D eigenvalue weighted by atomic mass is 32.1. The second-order valence-electron chi connectivity index (χ2n) is 21.3. The van der Waals surface area contributed by atoms with Gasteiger partial charge in [0.1, 0.15) is 17.9 Å². The predicted octanol–water partition coefficient (Wildman–Crippen LogP) is 15.7. The van der Waals surface area contributed by atoms with E-state index in [-0.39, 0.29) is 27.4 Å². The average Bonchev–Trinajstić information content (AvgIpc) is 3.81. The predicted molar refractivity (Wildman–Crippen MR) is 268 cm³/mol. The molecule has 0 unspecified atom stereocenters. The number of hydrogen-bond acceptors (Lipinski definition) is 5. The monoisotopic (exact) mass is 846 g/mol. The Bertz CT molecular complexity index is 3220. The van der Waals surface area contributed by atoms with Gasteiger partial charge >= 0.3 is 0 Å². The number of thiophene rings is 1. The molecule has 318 valence electrons. The first-order valence-electron chi connectivity index (χ1n) is 22.1. The van der Waals surface area contributed by atoms with Gasteiger partial charge in [-0.05, 0) is 91.9 Å². The van der Waals surface area contributed by atoms with E-state index < -0.39 is 0 Å². The highest BCUT2D eigenvalue weighted by Crippen LogP contribution is 2.47. The first kappa shape index (κ1) is 42.2. The van der Waals surface area contributed by atoms with Crippen LogP contribution in [0, 0.1) is 0 Å². The Hall–Kier alpha value is -6.11. The summed E-state index contributed by atoms with van der Waals surface area (Å²) in [5.41, 5.74) is 14.5. The summed E-state index contributed by atoms with van der Waals surface area (Å²) >= 11 is 1.75. The minimum absolute atomic E-state index is 0.0726. The maximum atomic E-state index is 12.6. The quantitative estimate of drug-likeness (QED) is 0.187. The molecule has 3 aromatic heterocycles. The Labute approximate surface area is 376 Å². The lowest BCUT2D eigenvalue weighted by molar-refractivity contribution is 0.446. The Morgan fingerprint density at radius 3 is 1.86 bits per heavy atom. The molecular formula is C57H58N4OS. The minimum Gasteiger partial charge on any atom is -0.507 e. The third kappa shape index (κ3) is 7.63. The number of aromatic nitrogens is 4. The van der Waals surface area contributed by atoms with E-state index >= 15 is 0 Å². The summed E-state index contributed by atoms with van der Waals surface area (Å²) in [5, 5.41) is 13.7. The van der Waals surface area contributed by atoms with Crippen molar-refractivity contribution in [2.24, 2.45) is 0 Å². The molecule has 0 aliphatic carbocycles. The molecule has 0 saturated heterocycles. The summed E-state index contributed by atoms with van der Waals surface area (Å²) in [4.78, 5) is 15.5. The first-order valence-corrected chi connectivity index (χ1v) is 22.9. The van der Waals surface area contributed by atoms with E-state index in [1.807, 2.05) is 0 Å². The summed E-state index contributed by atoms with van der Waals surface area (Å²) in [5.74, 6) is 0.955. The van der Waals surface area contributed by atoms with Crippen LogP contribution in [-0.4, -0.2) is 24.6 Å². The first-order chi connectivity index (χ1) is 29.7. The number of aromatic hydroxyl groups is 1. The Balaban J connectivity index is 1.39. The van der Waals surface area contributed by atoms with Crippen molar-refractivity contribution in [2.75, 3.05) is 0 Å². The van der Waals surface area contributed by atoms with Crippen molar-refractivity contribution in [3.8, 4) is 56.3 Å². The molecule has 5 nitrogen and oxygen atoms in total. The zero-order valence-corrected chi connectivity index (χ0v) is 39.6. The van der Waals surface area contributed by atoms with Crippen LogP contribution in [-0.2, 0) is 21.7 Å². The van der Waals surface area contributed by atoms with Crippen molar-refractivity contribution in [2.45, 2.75) is 105 Å². The van der Waals surface area contributed by atoms with Crippen LogP contribution in [0.3, 0.4) is 0 Å². The topological polar surface area (TPSA) is 63.8 Å². The summed E-state index contributed by atoms with van der Waals surface area (Å²) in [7, 11) is 0. The van der Waals surface area contributed by atoms with Crippen molar-refractivity contribution in [1.82, 2.24) is 19.5 Å². The minimum atomic E-state index is -0.323. The van der Waals surface area contributed by atoms with E-state index in [0.29, 0.717) is 11.4 Å². The molecular weight excluding hydrogens is 789 g/mol. The molecule has 0 aliphatic heterocycles. The van der Waals surface area contributed by atoms with Gasteiger partial charge in [0.15, 0.2) is 0 Å². The molecule has 63 heavy (non-hydrogen) atoms. The number of phenolic OH excluding ortho intramolecular Hbond substituents is 1. The molecule has 9 rings (SSSR count). The molecule has 6 aromatic carbocycles. The van der Waals surface area contributed by atoms with Gasteiger partial charge in [-0.3, -0.25) is 4.57 Å². The van der Waals surface area contributed by atoms with Gasteiger partial charge in [-0.2, -0.15) is 0 Å². The number of imidazole rings is 1. The lowest BCUT2D eigenvalue weighted by atomic mass is 9.79. The highest BCUT2D eigenvalue weighted by Gasteiger charge is 2.30. The number of hydrogen-bond donors (Lipinski definition) is 1. The molecule has 0 fully saturated rings. The van der Waals surface area contributed by atoms with Gasteiger partial charge in [0.25, 0.3) is 0 Å². The lowest BCUT2D eigenvalue weighted by Crippen LogP contribution is -2.17. The summed E-state index contributed by atoms with van der Waals surface area (Å²) in [6.07, 6.45) is 1.70. The fraction of sp³-hybridized carbons (Fsp3) is 0.281. The lowest BCUT2D eigenvalue weighted by Gasteiger charge is -2.28. The number of benzene rings is 6. The van der Waals surface area contributed by atoms with Crippen LogP contribution in [0.25, 0.3) is 81.9 Å². The number of nitrogens with zero attached hydrogens (tertiary/aromatic N) is 4. The van der Waals surface area contributed by atoms with Gasteiger partial charge in [0, 0.05) is 32.3 Å². The van der Waals surface area contributed by atoms with Crippen LogP contribution in [0.5, 0.6) is 5.75 Å². The maximum Gasteiger partial charge on any atom is 0.149 e. The Kier molecular flexibility index (Phi) is 10.1. The molecule has 3 heterocycles. The molecule has 0 atom stereocenters. The van der Waals surface area contributed by atoms with Gasteiger partial charge in [0.05, 0.1) is 38.2 Å². The average molecular weight is 847 g/mol. The van der Waals surface area contributed by atoms with E-state index in [9.17, 15) is 5.11 Å². The van der Waals surface area contributed by atoms with Crippen LogP contribution in [0.1, 0.15) is 105 Å². The second kappa shape index (κ2) is 15.0. The zero-order valence-electron chi connectivity index (χ0n) is 38.8. The fourth-order valence-electron chi connectivity index (χ4n) is 8.69. The molecule has 0 saturated carbocycles. The third-order valence-electron chi connectivity index (χ3n) is 12.4. The Morgan fingerprint density at radius 2 is 1.16 bits per heavy atom. The van der Waals surface area contributed by atoms with Crippen molar-refractivity contribution in [3.05, 3.63) is 150 Å². The molecule has 6 heteroatoms. The van der Waals surface area contributed by atoms with Gasteiger partial charge in [-0.25, -0.2) is 15.0 Å². The molecule has 0 aliphatic rings. The van der Waals surface area contributed by atoms with Gasteiger partial charge in [0.2, 0.25) is 0 Å². The van der Waals surface area contributed by atoms with E-state index in [1.54, 1.807) is 17.7 Å². The standard InChI is InChI=1S/C57H58N4OS/c1-54(2,3)37-25-26-45(42(30-37)34-19-14-13-15-20-34)61-46-23-18-22-40(49(46)60-53(61)43-31-39(56(7,8)9)32-44(51(43)62)57(10,11)12)35-27-36(29-38(28-35)55(4,5)6)48-52-50(59-33-58-48)41-21-16-17-24-47(41)63-52/h13-33,62H,1-12H3. The van der Waals surface area contributed by atoms with Crippen LogP contribution in [0.15, 0.2) is 128 Å². The van der Waals surface area contributed by atoms with Crippen molar-refractivity contribution >= 4 is 42.7 Å². The van der Waals surface area contributed by atoms with Gasteiger partial charge in [-0.15, -0.1) is 11.3 Å². The van der Waals surface area contributed by atoms with E-state index in [0.717, 1.165) is 77.0 Å². The van der Waals surface area contributed by atoms with E-state index in [1.165, 1.54) is 15.8 Å². The molecule has 0 bridgehead atoms. The summed E-state index contributed by atoms with van der Waals surface area (Å²) in [6, 6.07) is 43.7.